The lowest BCUT2D eigenvalue weighted by atomic mass is 9.98. The summed E-state index contributed by atoms with van der Waals surface area (Å²) in [6.45, 7) is 2.46. The van der Waals surface area contributed by atoms with Crippen molar-refractivity contribution in [3.8, 4) is 0 Å². The van der Waals surface area contributed by atoms with Crippen LogP contribution in [-0.2, 0) is 9.59 Å². The normalized spacial score (nSPS) is 18.1. The van der Waals surface area contributed by atoms with Crippen molar-refractivity contribution in [1.29, 1.82) is 0 Å². The molecular formula is C14H19N3O4S. The second-order valence-electron chi connectivity index (χ2n) is 5.49. The average Bonchev–Trinajstić information content (AvgIpc) is 2.92. The molecule has 0 aliphatic carbocycles. The summed E-state index contributed by atoms with van der Waals surface area (Å²) >= 11 is 1.20. The molecule has 0 aromatic carbocycles. The van der Waals surface area contributed by atoms with Gasteiger partial charge in [0.1, 0.15) is 0 Å². The maximum atomic E-state index is 12.3. The van der Waals surface area contributed by atoms with Crippen LogP contribution in [0.1, 0.15) is 28.9 Å². The van der Waals surface area contributed by atoms with Crippen LogP contribution in [0.3, 0.4) is 0 Å². The second kappa shape index (κ2) is 6.87. The van der Waals surface area contributed by atoms with Crippen LogP contribution < -0.4 is 0 Å². The van der Waals surface area contributed by atoms with Crippen LogP contribution >= 0.6 is 11.5 Å². The molecule has 1 fully saturated rings. The van der Waals surface area contributed by atoms with Gasteiger partial charge in [0.05, 0.1) is 23.7 Å². The summed E-state index contributed by atoms with van der Waals surface area (Å²) in [5, 5.41) is 10.7. The van der Waals surface area contributed by atoms with Gasteiger partial charge in [-0.1, -0.05) is 0 Å². The minimum atomic E-state index is -0.873. The van der Waals surface area contributed by atoms with E-state index in [0.717, 1.165) is 0 Å². The summed E-state index contributed by atoms with van der Waals surface area (Å²) in [7, 11) is 1.57. The zero-order valence-electron chi connectivity index (χ0n) is 12.6. The van der Waals surface area contributed by atoms with E-state index in [2.05, 4.69) is 4.37 Å². The Hall–Kier alpha value is -1.96. The minimum Gasteiger partial charge on any atom is -0.481 e. The second-order valence-corrected chi connectivity index (χ2v) is 6.12. The van der Waals surface area contributed by atoms with Crippen LogP contribution in [-0.4, -0.2) is 63.7 Å². The molecule has 8 heteroatoms. The molecule has 0 radical (unpaired) electrons. The van der Waals surface area contributed by atoms with Crippen LogP contribution in [0.25, 0.3) is 0 Å². The molecule has 1 aliphatic rings. The number of carboxylic acid groups (broad SMARTS) is 1. The number of carbonyl (C=O) groups excluding carboxylic acids is 2. The van der Waals surface area contributed by atoms with Gasteiger partial charge >= 0.3 is 5.97 Å². The first kappa shape index (κ1) is 16.4. The number of likely N-dealkylation sites (N-methyl/N-ethyl adjacent to an activating group) is 1. The Kier molecular flexibility index (Phi) is 5.12. The van der Waals surface area contributed by atoms with Crippen LogP contribution in [0.2, 0.25) is 0 Å². The lowest BCUT2D eigenvalue weighted by Crippen LogP contribution is -2.46. The number of likely N-dealkylation sites (tertiary alicyclic amines) is 1. The predicted molar refractivity (Wildman–Crippen MR) is 80.8 cm³/mol. The third kappa shape index (κ3) is 3.62. The van der Waals surface area contributed by atoms with Gasteiger partial charge < -0.3 is 14.9 Å². The number of rotatable bonds is 4. The number of carbonyl (C=O) groups is 3. The van der Waals surface area contributed by atoms with Crippen molar-refractivity contribution in [2.45, 2.75) is 19.8 Å². The van der Waals surface area contributed by atoms with Gasteiger partial charge in [0.15, 0.2) is 0 Å². The van der Waals surface area contributed by atoms with Crippen molar-refractivity contribution in [3.05, 3.63) is 16.6 Å². The van der Waals surface area contributed by atoms with Crippen molar-refractivity contribution in [1.82, 2.24) is 14.2 Å². The molecule has 1 aromatic rings. The van der Waals surface area contributed by atoms with Crippen LogP contribution in [0, 0.1) is 12.8 Å². The molecule has 1 aromatic heterocycles. The van der Waals surface area contributed by atoms with Gasteiger partial charge in [-0.15, -0.1) is 0 Å². The molecule has 1 aliphatic heterocycles. The van der Waals surface area contributed by atoms with Crippen molar-refractivity contribution < 1.29 is 19.5 Å². The fourth-order valence-corrected chi connectivity index (χ4v) is 3.17. The third-order valence-electron chi connectivity index (χ3n) is 3.82. The Bertz CT molecular complexity index is 586. The summed E-state index contributed by atoms with van der Waals surface area (Å²) in [6.07, 6.45) is 1.27. The highest BCUT2D eigenvalue weighted by molar-refractivity contribution is 7.03. The number of amides is 2. The van der Waals surface area contributed by atoms with Gasteiger partial charge in [-0.25, -0.2) is 0 Å². The van der Waals surface area contributed by atoms with E-state index in [0.29, 0.717) is 30.6 Å². The summed E-state index contributed by atoms with van der Waals surface area (Å²) in [5.41, 5.74) is 1.15. The fourth-order valence-electron chi connectivity index (χ4n) is 2.48. The molecule has 0 saturated carbocycles. The topological polar surface area (TPSA) is 90.8 Å². The van der Waals surface area contributed by atoms with Crippen LogP contribution in [0.5, 0.6) is 0 Å². The lowest BCUT2D eigenvalue weighted by molar-refractivity contribution is -0.145. The zero-order chi connectivity index (χ0) is 16.3. The number of nitrogens with zero attached hydrogens (tertiary/aromatic N) is 3. The summed E-state index contributed by atoms with van der Waals surface area (Å²) in [6, 6.07) is 0. The number of aryl methyl sites for hydroxylation is 1. The highest BCUT2D eigenvalue weighted by Crippen LogP contribution is 2.17. The quantitative estimate of drug-likeness (QED) is 0.886. The number of hydrogen-bond acceptors (Lipinski definition) is 5. The molecule has 120 valence electrons. The van der Waals surface area contributed by atoms with Crippen LogP contribution in [0.4, 0.5) is 0 Å². The average molecular weight is 325 g/mol. The number of hydrogen-bond donors (Lipinski definition) is 1. The van der Waals surface area contributed by atoms with Crippen molar-refractivity contribution in [3.63, 3.8) is 0 Å². The number of carboxylic acids is 1. The maximum absolute atomic E-state index is 12.3. The Morgan fingerprint density at radius 2 is 2.23 bits per heavy atom. The molecule has 2 heterocycles. The highest BCUT2D eigenvalue weighted by atomic mass is 32.1. The SMILES string of the molecule is Cc1nscc1C(=O)N(C)CC(=O)N1CCCC(C(=O)O)C1. The molecule has 7 nitrogen and oxygen atoms in total. The Morgan fingerprint density at radius 3 is 2.82 bits per heavy atom. The third-order valence-corrected chi connectivity index (χ3v) is 4.54. The standard InChI is InChI=1S/C14H19N3O4S/c1-9-11(8-22-15-9)13(19)16(2)7-12(18)17-5-3-4-10(6-17)14(20)21/h8,10H,3-7H2,1-2H3,(H,20,21). The molecule has 1 saturated heterocycles. The van der Waals surface area contributed by atoms with E-state index in [-0.39, 0.29) is 24.9 Å². The first-order valence-electron chi connectivity index (χ1n) is 7.07. The van der Waals surface area contributed by atoms with E-state index < -0.39 is 11.9 Å². The first-order chi connectivity index (χ1) is 10.4. The number of aromatic nitrogens is 1. The van der Waals surface area contributed by atoms with Crippen molar-refractivity contribution in [2.75, 3.05) is 26.7 Å². The molecule has 1 unspecified atom stereocenters. The largest absolute Gasteiger partial charge is 0.481 e. The van der Waals surface area contributed by atoms with E-state index in [9.17, 15) is 14.4 Å². The van der Waals surface area contributed by atoms with Gasteiger partial charge in [0.2, 0.25) is 5.91 Å². The van der Waals surface area contributed by atoms with E-state index in [1.165, 1.54) is 21.3 Å². The number of piperidine rings is 1. The van der Waals surface area contributed by atoms with Gasteiger partial charge in [0, 0.05) is 25.5 Å². The molecular weight excluding hydrogens is 306 g/mol. The van der Waals surface area contributed by atoms with E-state index in [4.69, 9.17) is 5.11 Å². The molecule has 0 bridgehead atoms. The smallest absolute Gasteiger partial charge is 0.308 e. The predicted octanol–water partition coefficient (Wildman–Crippen LogP) is 0.847. The summed E-state index contributed by atoms with van der Waals surface area (Å²) in [4.78, 5) is 38.4. The maximum Gasteiger partial charge on any atom is 0.308 e. The zero-order valence-corrected chi connectivity index (χ0v) is 13.4. The Balaban J connectivity index is 1.95. The molecule has 22 heavy (non-hydrogen) atoms. The van der Waals surface area contributed by atoms with Crippen molar-refractivity contribution in [2.24, 2.45) is 5.92 Å². The first-order valence-corrected chi connectivity index (χ1v) is 7.90. The monoisotopic (exact) mass is 325 g/mol. The highest BCUT2D eigenvalue weighted by Gasteiger charge is 2.29. The van der Waals surface area contributed by atoms with Gasteiger partial charge in [0.25, 0.3) is 5.91 Å². The van der Waals surface area contributed by atoms with E-state index in [1.54, 1.807) is 19.4 Å². The Labute approximate surface area is 132 Å². The summed E-state index contributed by atoms with van der Waals surface area (Å²) in [5.74, 6) is -1.85. The number of aliphatic carboxylic acids is 1. The van der Waals surface area contributed by atoms with E-state index in [1.807, 2.05) is 0 Å². The van der Waals surface area contributed by atoms with Gasteiger partial charge in [-0.3, -0.25) is 14.4 Å². The molecule has 0 spiro atoms. The fraction of sp³-hybridized carbons (Fsp3) is 0.571. The molecule has 2 amide bonds. The summed E-state index contributed by atoms with van der Waals surface area (Å²) < 4.78 is 4.05. The molecule has 1 atom stereocenters. The van der Waals surface area contributed by atoms with Gasteiger partial charge in [-0.05, 0) is 31.3 Å². The van der Waals surface area contributed by atoms with Gasteiger partial charge in [-0.2, -0.15) is 4.37 Å². The molecule has 2 rings (SSSR count). The minimum absolute atomic E-state index is 0.0551. The molecule has 1 N–H and O–H groups in total. The lowest BCUT2D eigenvalue weighted by Gasteiger charge is -2.32. The van der Waals surface area contributed by atoms with Crippen LogP contribution in [0.15, 0.2) is 5.38 Å². The van der Waals surface area contributed by atoms with Crippen molar-refractivity contribution >= 4 is 29.3 Å². The van der Waals surface area contributed by atoms with E-state index >= 15 is 0 Å². The Morgan fingerprint density at radius 1 is 1.50 bits per heavy atom.